The Morgan fingerprint density at radius 1 is 0.947 bits per heavy atom. The minimum Gasteiger partial charge on any atom is -0.466 e. The fourth-order valence-corrected chi connectivity index (χ4v) is 1.82. The molecule has 100 valence electrons. The number of carbonyl (C=O) groups excluding carboxylic acids is 1. The quantitative estimate of drug-likeness (QED) is 0.792. The van der Waals surface area contributed by atoms with Gasteiger partial charge in [-0.3, -0.25) is 4.79 Å². The first-order valence-electron chi connectivity index (χ1n) is 6.09. The lowest BCUT2D eigenvalue weighted by atomic mass is 10.0. The van der Waals surface area contributed by atoms with Crippen molar-refractivity contribution in [2.45, 2.75) is 13.3 Å². The number of halogens is 1. The molecule has 0 N–H and O–H groups in total. The van der Waals surface area contributed by atoms with Gasteiger partial charge >= 0.3 is 5.97 Å². The normalized spacial score (nSPS) is 9.53. The van der Waals surface area contributed by atoms with Crippen LogP contribution in [0.25, 0.3) is 11.1 Å². The molecule has 2 aromatic carbocycles. The fraction of sp³-hybridized carbons (Fsp3) is 0.188. The molecule has 0 aliphatic carbocycles. The number of esters is 1. The van der Waals surface area contributed by atoms with Crippen molar-refractivity contribution < 1.29 is 9.53 Å². The molecule has 0 aliphatic rings. The Kier molecular flexibility index (Phi) is 6.10. The van der Waals surface area contributed by atoms with Crippen LogP contribution in [0.5, 0.6) is 0 Å². The molecule has 2 rings (SSSR count). The zero-order chi connectivity index (χ0) is 12.8. The molecule has 0 aliphatic heterocycles. The highest BCUT2D eigenvalue weighted by atomic mass is 35.5. The second-order valence-electron chi connectivity index (χ2n) is 4.04. The van der Waals surface area contributed by atoms with E-state index in [1.165, 1.54) is 5.56 Å². The molecule has 0 unspecified atom stereocenters. The van der Waals surface area contributed by atoms with Crippen LogP contribution in [0.1, 0.15) is 12.5 Å². The third-order valence-corrected chi connectivity index (χ3v) is 2.71. The van der Waals surface area contributed by atoms with E-state index in [9.17, 15) is 4.79 Å². The van der Waals surface area contributed by atoms with Gasteiger partial charge in [0.15, 0.2) is 0 Å². The van der Waals surface area contributed by atoms with E-state index in [2.05, 4.69) is 12.1 Å². The summed E-state index contributed by atoms with van der Waals surface area (Å²) in [6, 6.07) is 18.2. The van der Waals surface area contributed by atoms with Gasteiger partial charge in [-0.25, -0.2) is 0 Å². The Morgan fingerprint density at radius 3 is 2.11 bits per heavy atom. The maximum Gasteiger partial charge on any atom is 0.310 e. The molecule has 0 fully saturated rings. The third-order valence-electron chi connectivity index (χ3n) is 2.71. The Bertz CT molecular complexity index is 506. The van der Waals surface area contributed by atoms with E-state index in [1.807, 2.05) is 49.4 Å². The van der Waals surface area contributed by atoms with E-state index >= 15 is 0 Å². The van der Waals surface area contributed by atoms with E-state index in [4.69, 9.17) is 4.74 Å². The molecule has 0 atom stereocenters. The molecule has 0 saturated carbocycles. The highest BCUT2D eigenvalue weighted by Gasteiger charge is 2.04. The largest absolute Gasteiger partial charge is 0.466 e. The minimum atomic E-state index is -0.176. The predicted octanol–water partition coefficient (Wildman–Crippen LogP) is 3.88. The average Bonchev–Trinajstić information content (AvgIpc) is 2.41. The van der Waals surface area contributed by atoms with Crippen molar-refractivity contribution in [1.82, 2.24) is 0 Å². The van der Waals surface area contributed by atoms with E-state index < -0.39 is 0 Å². The molecule has 0 aromatic heterocycles. The summed E-state index contributed by atoms with van der Waals surface area (Å²) in [5.41, 5.74) is 3.32. The molecule has 2 nitrogen and oxygen atoms in total. The summed E-state index contributed by atoms with van der Waals surface area (Å²) >= 11 is 0. The maximum absolute atomic E-state index is 11.3. The van der Waals surface area contributed by atoms with Crippen LogP contribution in [-0.4, -0.2) is 12.6 Å². The summed E-state index contributed by atoms with van der Waals surface area (Å²) < 4.78 is 4.92. The molecule has 0 radical (unpaired) electrons. The molecular formula is C16H17ClO2. The fourth-order valence-electron chi connectivity index (χ4n) is 1.82. The van der Waals surface area contributed by atoms with Crippen LogP contribution >= 0.6 is 12.4 Å². The first-order valence-corrected chi connectivity index (χ1v) is 6.09. The summed E-state index contributed by atoms with van der Waals surface area (Å²) in [6.45, 7) is 2.25. The van der Waals surface area contributed by atoms with Gasteiger partial charge in [-0.15, -0.1) is 12.4 Å². The molecule has 0 amide bonds. The van der Waals surface area contributed by atoms with Gasteiger partial charge < -0.3 is 4.74 Å². The van der Waals surface area contributed by atoms with Gasteiger partial charge in [0.05, 0.1) is 13.0 Å². The van der Waals surface area contributed by atoms with Crippen molar-refractivity contribution in [3.63, 3.8) is 0 Å². The summed E-state index contributed by atoms with van der Waals surface area (Å²) in [4.78, 5) is 11.3. The minimum absolute atomic E-state index is 0. The highest BCUT2D eigenvalue weighted by molar-refractivity contribution is 5.85. The summed E-state index contributed by atoms with van der Waals surface area (Å²) in [5.74, 6) is -0.176. The lowest BCUT2D eigenvalue weighted by molar-refractivity contribution is -0.142. The third kappa shape index (κ3) is 4.42. The van der Waals surface area contributed by atoms with E-state index in [1.54, 1.807) is 0 Å². The zero-order valence-corrected chi connectivity index (χ0v) is 11.7. The topological polar surface area (TPSA) is 26.3 Å². The molecule has 0 heterocycles. The zero-order valence-electron chi connectivity index (χ0n) is 10.8. The number of benzene rings is 2. The summed E-state index contributed by atoms with van der Waals surface area (Å²) in [6.07, 6.45) is 0.336. The van der Waals surface area contributed by atoms with Gasteiger partial charge in [-0.05, 0) is 23.6 Å². The van der Waals surface area contributed by atoms with E-state index in [0.717, 1.165) is 11.1 Å². The van der Waals surface area contributed by atoms with Crippen molar-refractivity contribution in [2.24, 2.45) is 0 Å². The molecule has 0 spiro atoms. The van der Waals surface area contributed by atoms with Crippen LogP contribution < -0.4 is 0 Å². The van der Waals surface area contributed by atoms with Gasteiger partial charge in [-0.1, -0.05) is 54.6 Å². The second-order valence-corrected chi connectivity index (χ2v) is 4.04. The first-order chi connectivity index (χ1) is 8.79. The lowest BCUT2D eigenvalue weighted by Crippen LogP contribution is -2.07. The predicted molar refractivity (Wildman–Crippen MR) is 79.5 cm³/mol. The standard InChI is InChI=1S/C16H16O2.ClH/c1-2-18-16(17)12-13-8-10-15(11-9-13)14-6-4-3-5-7-14;/h3-11H,2,12H2,1H3;1H. The molecule has 3 heteroatoms. The molecule has 19 heavy (non-hydrogen) atoms. The van der Waals surface area contributed by atoms with Crippen LogP contribution in [0, 0.1) is 0 Å². The average molecular weight is 277 g/mol. The highest BCUT2D eigenvalue weighted by Crippen LogP contribution is 2.19. The number of carbonyl (C=O) groups is 1. The van der Waals surface area contributed by atoms with E-state index in [0.29, 0.717) is 13.0 Å². The van der Waals surface area contributed by atoms with Gasteiger partial charge in [0.2, 0.25) is 0 Å². The first kappa shape index (κ1) is 15.3. The number of rotatable bonds is 4. The maximum atomic E-state index is 11.3. The Morgan fingerprint density at radius 2 is 1.53 bits per heavy atom. The van der Waals surface area contributed by atoms with Gasteiger partial charge in [-0.2, -0.15) is 0 Å². The van der Waals surface area contributed by atoms with Crippen LogP contribution in [0.3, 0.4) is 0 Å². The molecule has 0 saturated heterocycles. The number of hydrogen-bond acceptors (Lipinski definition) is 2. The summed E-state index contributed by atoms with van der Waals surface area (Å²) in [7, 11) is 0. The Labute approximate surface area is 119 Å². The van der Waals surface area contributed by atoms with Crippen molar-refractivity contribution in [1.29, 1.82) is 0 Å². The van der Waals surface area contributed by atoms with Crippen molar-refractivity contribution in [3.05, 3.63) is 60.2 Å². The number of ether oxygens (including phenoxy) is 1. The second kappa shape index (κ2) is 7.59. The lowest BCUT2D eigenvalue weighted by Gasteiger charge is -2.04. The van der Waals surface area contributed by atoms with Gasteiger partial charge in [0.25, 0.3) is 0 Å². The van der Waals surface area contributed by atoms with Crippen LogP contribution in [-0.2, 0) is 16.0 Å². The Balaban J connectivity index is 0.00000180. The van der Waals surface area contributed by atoms with Crippen molar-refractivity contribution >= 4 is 18.4 Å². The molecule has 0 bridgehead atoms. The van der Waals surface area contributed by atoms with Crippen LogP contribution in [0.4, 0.5) is 0 Å². The van der Waals surface area contributed by atoms with Gasteiger partial charge in [0, 0.05) is 0 Å². The monoisotopic (exact) mass is 276 g/mol. The summed E-state index contributed by atoms with van der Waals surface area (Å²) in [5, 5.41) is 0. The molecular weight excluding hydrogens is 260 g/mol. The van der Waals surface area contributed by atoms with Crippen molar-refractivity contribution in [2.75, 3.05) is 6.61 Å². The number of hydrogen-bond donors (Lipinski definition) is 0. The van der Waals surface area contributed by atoms with Crippen LogP contribution in [0.2, 0.25) is 0 Å². The van der Waals surface area contributed by atoms with Gasteiger partial charge in [0.1, 0.15) is 0 Å². The molecule has 2 aromatic rings. The van der Waals surface area contributed by atoms with Crippen molar-refractivity contribution in [3.8, 4) is 11.1 Å². The van der Waals surface area contributed by atoms with Crippen LogP contribution in [0.15, 0.2) is 54.6 Å². The SMILES string of the molecule is CCOC(=O)Cc1ccc(-c2ccccc2)cc1.Cl. The van der Waals surface area contributed by atoms with E-state index in [-0.39, 0.29) is 18.4 Å². The smallest absolute Gasteiger partial charge is 0.310 e. The Hall–Kier alpha value is -1.80.